The smallest absolute Gasteiger partial charge is 0.196 e. The summed E-state index contributed by atoms with van der Waals surface area (Å²) in [5.74, 6) is -1.72. The molecule has 1 unspecified atom stereocenters. The van der Waals surface area contributed by atoms with E-state index in [0.29, 0.717) is 13.0 Å². The molecule has 0 aromatic rings. The number of ketones is 1. The third kappa shape index (κ3) is 3.42. The van der Waals surface area contributed by atoms with E-state index in [9.17, 15) is 4.79 Å². The highest BCUT2D eigenvalue weighted by molar-refractivity contribution is 6.74. The van der Waals surface area contributed by atoms with Crippen LogP contribution in [0.4, 0.5) is 0 Å². The van der Waals surface area contributed by atoms with Crippen LogP contribution in [0, 0.1) is 0 Å². The molecule has 0 aromatic carbocycles. The molecule has 6 nitrogen and oxygen atoms in total. The van der Waals surface area contributed by atoms with Crippen molar-refractivity contribution in [3.8, 4) is 0 Å². The number of hydrogen-bond donors (Lipinski definition) is 0. The lowest BCUT2D eigenvalue weighted by Crippen LogP contribution is -2.61. The normalized spacial score (nSPS) is 39.0. The molecule has 0 spiro atoms. The molecule has 0 radical (unpaired) electrons. The maximum absolute atomic E-state index is 13.1. The number of fused-ring (bicyclic) bond motifs is 2. The molecule has 0 bridgehead atoms. The standard InChI is InChI=1S/C19H34O6Si/c1-16(2,3)26(8,9)21-11-19-10-12-14(23-17(4,5)22-12)13(20)15(19)24-18(6,7)25-19/h12,14-15H,10-11H2,1-9H3/t12-,14?,15+,19+/m1/s1. The predicted molar refractivity (Wildman–Crippen MR) is 99.4 cm³/mol. The fourth-order valence-electron chi connectivity index (χ4n) is 3.82. The number of hydrogen-bond acceptors (Lipinski definition) is 6. The topological polar surface area (TPSA) is 63.2 Å². The molecular formula is C19H34O6Si. The number of carbonyl (C=O) groups is 1. The van der Waals surface area contributed by atoms with Gasteiger partial charge in [-0.25, -0.2) is 0 Å². The summed E-state index contributed by atoms with van der Waals surface area (Å²) < 4.78 is 30.7. The van der Waals surface area contributed by atoms with Gasteiger partial charge >= 0.3 is 0 Å². The highest BCUT2D eigenvalue weighted by Crippen LogP contribution is 2.49. The lowest BCUT2D eigenvalue weighted by molar-refractivity contribution is -0.182. The van der Waals surface area contributed by atoms with Gasteiger partial charge in [-0.05, 0) is 45.8 Å². The Hall–Kier alpha value is -0.313. The molecule has 0 N–H and O–H groups in total. The Bertz CT molecular complexity index is 593. The van der Waals surface area contributed by atoms with Gasteiger partial charge in [0.1, 0.15) is 11.7 Å². The number of ether oxygens (including phenoxy) is 4. The van der Waals surface area contributed by atoms with Crippen LogP contribution in [0.2, 0.25) is 18.1 Å². The SMILES string of the molecule is CC1(C)OC2C(=O)[C@@H]3OC(C)(C)O[C@]3(CO[Si](C)(C)C(C)(C)C)C[C@H]2O1. The number of carbonyl (C=O) groups excluding carboxylic acids is 1. The Morgan fingerprint density at radius 3 is 2.27 bits per heavy atom. The van der Waals surface area contributed by atoms with Crippen LogP contribution >= 0.6 is 0 Å². The van der Waals surface area contributed by atoms with Gasteiger partial charge in [0.2, 0.25) is 0 Å². The van der Waals surface area contributed by atoms with Gasteiger partial charge in [-0.15, -0.1) is 0 Å². The lowest BCUT2D eigenvalue weighted by atomic mass is 9.79. The average Bonchev–Trinajstić information content (AvgIpc) is 2.88. The zero-order valence-electron chi connectivity index (χ0n) is 17.6. The zero-order valence-corrected chi connectivity index (χ0v) is 18.6. The summed E-state index contributed by atoms with van der Waals surface area (Å²) >= 11 is 0. The molecule has 3 fully saturated rings. The summed E-state index contributed by atoms with van der Waals surface area (Å²) in [6.07, 6.45) is -1.11. The molecular weight excluding hydrogens is 352 g/mol. The number of rotatable bonds is 3. The van der Waals surface area contributed by atoms with Crippen LogP contribution in [0.15, 0.2) is 0 Å². The second-order valence-electron chi connectivity index (χ2n) is 10.3. The van der Waals surface area contributed by atoms with E-state index in [1.165, 1.54) is 0 Å². The maximum atomic E-state index is 13.1. The van der Waals surface area contributed by atoms with Crippen molar-refractivity contribution in [1.29, 1.82) is 0 Å². The van der Waals surface area contributed by atoms with Crippen LogP contribution < -0.4 is 0 Å². The van der Waals surface area contributed by atoms with Crippen LogP contribution in [0.3, 0.4) is 0 Å². The van der Waals surface area contributed by atoms with Crippen molar-refractivity contribution in [1.82, 2.24) is 0 Å². The van der Waals surface area contributed by atoms with E-state index in [2.05, 4.69) is 33.9 Å². The zero-order chi connectivity index (χ0) is 19.8. The van der Waals surface area contributed by atoms with E-state index in [-0.39, 0.29) is 16.9 Å². The highest BCUT2D eigenvalue weighted by atomic mass is 28.4. The summed E-state index contributed by atoms with van der Waals surface area (Å²) in [4.78, 5) is 13.1. The fourth-order valence-corrected chi connectivity index (χ4v) is 4.86. The monoisotopic (exact) mass is 386 g/mol. The van der Waals surface area contributed by atoms with Crippen molar-refractivity contribution in [2.24, 2.45) is 0 Å². The van der Waals surface area contributed by atoms with Crippen molar-refractivity contribution in [2.45, 2.75) is 109 Å². The molecule has 0 aromatic heterocycles. The third-order valence-corrected chi connectivity index (χ3v) is 10.6. The van der Waals surface area contributed by atoms with Gasteiger partial charge in [0.25, 0.3) is 0 Å². The number of Topliss-reactive ketones (excluding diaryl/α,β-unsaturated/α-hetero) is 1. The van der Waals surface area contributed by atoms with Crippen molar-refractivity contribution < 1.29 is 28.2 Å². The van der Waals surface area contributed by atoms with Gasteiger partial charge in [0, 0.05) is 6.42 Å². The molecule has 3 aliphatic rings. The van der Waals surface area contributed by atoms with Gasteiger partial charge in [0.15, 0.2) is 31.8 Å². The van der Waals surface area contributed by atoms with E-state index in [4.69, 9.17) is 23.4 Å². The maximum Gasteiger partial charge on any atom is 0.196 e. The molecule has 2 heterocycles. The summed E-state index contributed by atoms with van der Waals surface area (Å²) in [6, 6.07) is 0. The van der Waals surface area contributed by atoms with E-state index < -0.39 is 37.7 Å². The van der Waals surface area contributed by atoms with Crippen molar-refractivity contribution in [3.05, 3.63) is 0 Å². The summed E-state index contributed by atoms with van der Waals surface area (Å²) in [5.41, 5.74) is -0.832. The molecule has 150 valence electrons. The molecule has 7 heteroatoms. The Morgan fingerprint density at radius 2 is 1.69 bits per heavy atom. The Kier molecular flexibility index (Phi) is 4.59. The fraction of sp³-hybridized carbons (Fsp3) is 0.947. The summed E-state index contributed by atoms with van der Waals surface area (Å²) in [6.45, 7) is 18.7. The van der Waals surface area contributed by atoms with E-state index in [0.717, 1.165) is 0 Å². The first-order valence-electron chi connectivity index (χ1n) is 9.49. The first-order valence-corrected chi connectivity index (χ1v) is 12.4. The van der Waals surface area contributed by atoms with Crippen molar-refractivity contribution >= 4 is 14.1 Å². The molecule has 2 aliphatic heterocycles. The Labute approximate surface area is 158 Å². The van der Waals surface area contributed by atoms with Crippen LogP contribution in [-0.4, -0.2) is 56.2 Å². The highest BCUT2D eigenvalue weighted by Gasteiger charge is 2.66. The Balaban J connectivity index is 1.88. The van der Waals surface area contributed by atoms with Crippen molar-refractivity contribution in [3.63, 3.8) is 0 Å². The van der Waals surface area contributed by atoms with Gasteiger partial charge in [-0.2, -0.15) is 0 Å². The largest absolute Gasteiger partial charge is 0.414 e. The minimum atomic E-state index is -2.00. The van der Waals surface area contributed by atoms with Gasteiger partial charge in [0.05, 0.1) is 12.7 Å². The first kappa shape index (κ1) is 20.4. The van der Waals surface area contributed by atoms with E-state index >= 15 is 0 Å². The molecule has 4 atom stereocenters. The van der Waals surface area contributed by atoms with Gasteiger partial charge in [-0.3, -0.25) is 4.79 Å². The minimum absolute atomic E-state index is 0.0737. The average molecular weight is 387 g/mol. The quantitative estimate of drug-likeness (QED) is 0.693. The second kappa shape index (κ2) is 5.84. The van der Waals surface area contributed by atoms with Gasteiger partial charge in [-0.1, -0.05) is 20.8 Å². The van der Waals surface area contributed by atoms with Crippen LogP contribution in [-0.2, 0) is 28.2 Å². The van der Waals surface area contributed by atoms with Crippen LogP contribution in [0.25, 0.3) is 0 Å². The van der Waals surface area contributed by atoms with Gasteiger partial charge < -0.3 is 23.4 Å². The molecule has 1 aliphatic carbocycles. The molecule has 1 saturated carbocycles. The predicted octanol–water partition coefficient (Wildman–Crippen LogP) is 3.39. The van der Waals surface area contributed by atoms with E-state index in [1.54, 1.807) is 0 Å². The lowest BCUT2D eigenvalue weighted by Gasteiger charge is -2.43. The molecule has 26 heavy (non-hydrogen) atoms. The first-order chi connectivity index (χ1) is 11.6. The molecule has 3 rings (SSSR count). The van der Waals surface area contributed by atoms with E-state index in [1.807, 2.05) is 27.7 Å². The third-order valence-electron chi connectivity index (χ3n) is 6.08. The second-order valence-corrected chi connectivity index (χ2v) is 15.1. The minimum Gasteiger partial charge on any atom is -0.414 e. The molecule has 2 saturated heterocycles. The summed E-state index contributed by atoms with van der Waals surface area (Å²) in [5, 5.41) is 0.0737. The Morgan fingerprint density at radius 1 is 1.08 bits per heavy atom. The molecule has 0 amide bonds. The van der Waals surface area contributed by atoms with Crippen LogP contribution in [0.1, 0.15) is 54.9 Å². The van der Waals surface area contributed by atoms with Crippen molar-refractivity contribution in [2.75, 3.05) is 6.61 Å². The van der Waals surface area contributed by atoms with Crippen LogP contribution in [0.5, 0.6) is 0 Å². The summed E-state index contributed by atoms with van der Waals surface area (Å²) in [7, 11) is -2.00.